The van der Waals surface area contributed by atoms with Gasteiger partial charge in [0.05, 0.1) is 26.7 Å². The summed E-state index contributed by atoms with van der Waals surface area (Å²) in [6.45, 7) is 1.74. The summed E-state index contributed by atoms with van der Waals surface area (Å²) in [5, 5.41) is 11.3. The van der Waals surface area contributed by atoms with Gasteiger partial charge in [0.1, 0.15) is 17.4 Å². The standard InChI is InChI=1S/C33H28Cl3F2N5O3/c34-23-3-1-2-18(30(23)35)15-43(20-6-7-20)33(44)28-22(12-19-13-39-14-26(28)40-19)17-4-8-21(9-5-17)45-16-27-41-32(42-46-27)29-24(37)10-11-25(38)31(29)36/h1-5,8-11,19-20,26,39-40H,6-7,12-16H2/t19-,26-/m1/s1. The molecule has 0 radical (unpaired) electrons. The first-order valence-electron chi connectivity index (χ1n) is 14.9. The fourth-order valence-electron chi connectivity index (χ4n) is 6.05. The Morgan fingerprint density at radius 3 is 2.57 bits per heavy atom. The second-order valence-corrected chi connectivity index (χ2v) is 12.8. The molecule has 4 aromatic rings. The van der Waals surface area contributed by atoms with Crippen LogP contribution < -0.4 is 15.4 Å². The smallest absolute Gasteiger partial charge is 0.264 e. The van der Waals surface area contributed by atoms with E-state index in [1.807, 2.05) is 41.3 Å². The molecule has 3 aromatic carbocycles. The van der Waals surface area contributed by atoms with E-state index in [0.717, 1.165) is 53.8 Å². The van der Waals surface area contributed by atoms with Gasteiger partial charge in [-0.25, -0.2) is 8.78 Å². The zero-order valence-electron chi connectivity index (χ0n) is 24.3. The number of hydrogen-bond acceptors (Lipinski definition) is 7. The molecule has 1 saturated carbocycles. The Bertz CT molecular complexity index is 1830. The fourth-order valence-corrected chi connectivity index (χ4v) is 6.66. The number of aromatic nitrogens is 2. The first-order valence-corrected chi connectivity index (χ1v) is 16.0. The number of benzene rings is 3. The minimum Gasteiger partial charge on any atom is -0.484 e. The normalized spacial score (nSPS) is 19.3. The van der Waals surface area contributed by atoms with Gasteiger partial charge in [-0.15, -0.1) is 0 Å². The zero-order chi connectivity index (χ0) is 31.9. The van der Waals surface area contributed by atoms with Crippen LogP contribution in [0.15, 0.2) is 64.7 Å². The maximum atomic E-state index is 14.4. The molecule has 3 heterocycles. The fraction of sp³-hybridized carbons (Fsp3) is 0.303. The van der Waals surface area contributed by atoms with Crippen LogP contribution in [0.4, 0.5) is 8.78 Å². The van der Waals surface area contributed by atoms with Gasteiger partial charge in [-0.2, -0.15) is 4.98 Å². The van der Waals surface area contributed by atoms with Crippen LogP contribution in [0.2, 0.25) is 15.1 Å². The molecule has 0 unspecified atom stereocenters. The zero-order valence-corrected chi connectivity index (χ0v) is 26.6. The highest BCUT2D eigenvalue weighted by atomic mass is 35.5. The number of carbonyl (C=O) groups is 1. The van der Waals surface area contributed by atoms with Gasteiger partial charge in [0.15, 0.2) is 6.61 Å². The van der Waals surface area contributed by atoms with E-state index in [2.05, 4.69) is 20.8 Å². The van der Waals surface area contributed by atoms with Crippen molar-refractivity contribution in [2.24, 2.45) is 0 Å². The lowest BCUT2D eigenvalue weighted by Gasteiger charge is -2.41. The molecule has 8 nitrogen and oxygen atoms in total. The summed E-state index contributed by atoms with van der Waals surface area (Å²) in [6.07, 6.45) is 2.58. The van der Waals surface area contributed by atoms with E-state index in [9.17, 15) is 13.6 Å². The van der Waals surface area contributed by atoms with Gasteiger partial charge in [-0.1, -0.05) is 64.2 Å². The number of hydrogen-bond donors (Lipinski definition) is 2. The van der Waals surface area contributed by atoms with Crippen molar-refractivity contribution in [3.63, 3.8) is 0 Å². The van der Waals surface area contributed by atoms with E-state index in [0.29, 0.717) is 35.3 Å². The van der Waals surface area contributed by atoms with Crippen LogP contribution in [0.25, 0.3) is 17.0 Å². The van der Waals surface area contributed by atoms with Crippen LogP contribution >= 0.6 is 34.8 Å². The maximum absolute atomic E-state index is 14.4. The number of rotatable bonds is 9. The van der Waals surface area contributed by atoms with Crippen molar-refractivity contribution >= 4 is 46.3 Å². The lowest BCUT2D eigenvalue weighted by molar-refractivity contribution is -0.128. The molecule has 3 aliphatic rings. The van der Waals surface area contributed by atoms with E-state index in [1.54, 1.807) is 6.07 Å². The Balaban J connectivity index is 1.12. The van der Waals surface area contributed by atoms with Gasteiger partial charge >= 0.3 is 0 Å². The van der Waals surface area contributed by atoms with Crippen LogP contribution in [-0.2, 0) is 17.9 Å². The van der Waals surface area contributed by atoms with E-state index >= 15 is 0 Å². The minimum atomic E-state index is -0.792. The average molecular weight is 687 g/mol. The van der Waals surface area contributed by atoms with E-state index in [4.69, 9.17) is 44.1 Å². The van der Waals surface area contributed by atoms with Gasteiger partial charge in [0.2, 0.25) is 5.82 Å². The summed E-state index contributed by atoms with van der Waals surface area (Å²) in [4.78, 5) is 20.4. The third-order valence-electron chi connectivity index (χ3n) is 8.45. The third kappa shape index (κ3) is 6.24. The van der Waals surface area contributed by atoms with Crippen LogP contribution in [0.3, 0.4) is 0 Å². The molecular weight excluding hydrogens is 659 g/mol. The van der Waals surface area contributed by atoms with Crippen LogP contribution in [0.5, 0.6) is 5.75 Å². The Morgan fingerprint density at radius 2 is 1.78 bits per heavy atom. The highest BCUT2D eigenvalue weighted by Gasteiger charge is 2.41. The third-order valence-corrected chi connectivity index (χ3v) is 9.68. The SMILES string of the molecule is O=C(C1=C(c2ccc(OCc3nc(-c4c(F)ccc(F)c4Cl)no3)cc2)C[C@@H]2CNC[C@H]1N2)N(Cc1cccc(Cl)c1Cl)C1CC1. The average Bonchev–Trinajstić information content (AvgIpc) is 3.80. The monoisotopic (exact) mass is 685 g/mol. The molecule has 2 atom stereocenters. The predicted molar refractivity (Wildman–Crippen MR) is 171 cm³/mol. The Kier molecular flexibility index (Phi) is 8.73. The summed E-state index contributed by atoms with van der Waals surface area (Å²) < 4.78 is 39.2. The molecule has 1 saturated heterocycles. The second kappa shape index (κ2) is 12.9. The van der Waals surface area contributed by atoms with Gasteiger partial charge in [0, 0.05) is 37.3 Å². The van der Waals surface area contributed by atoms with Crippen molar-refractivity contribution in [3.8, 4) is 17.1 Å². The number of halogens is 5. The number of nitrogens with zero attached hydrogens (tertiary/aromatic N) is 3. The lowest BCUT2D eigenvalue weighted by Crippen LogP contribution is -2.60. The van der Waals surface area contributed by atoms with Crippen molar-refractivity contribution in [2.75, 3.05) is 13.1 Å². The van der Waals surface area contributed by atoms with E-state index in [-0.39, 0.29) is 47.9 Å². The molecule has 238 valence electrons. The quantitative estimate of drug-likeness (QED) is 0.187. The Hall–Kier alpha value is -3.54. The maximum Gasteiger partial charge on any atom is 0.264 e. The topological polar surface area (TPSA) is 92.5 Å². The predicted octanol–water partition coefficient (Wildman–Crippen LogP) is 6.83. The van der Waals surface area contributed by atoms with Crippen LogP contribution in [0, 0.1) is 11.6 Å². The van der Waals surface area contributed by atoms with E-state index < -0.39 is 16.7 Å². The molecule has 2 aliphatic heterocycles. The number of fused-ring (bicyclic) bond motifs is 2. The minimum absolute atomic E-state index is 0.00412. The Labute approximate surface area is 278 Å². The van der Waals surface area contributed by atoms with E-state index in [1.165, 1.54) is 0 Å². The van der Waals surface area contributed by atoms with Crippen molar-refractivity contribution in [2.45, 2.75) is 50.5 Å². The van der Waals surface area contributed by atoms with Crippen molar-refractivity contribution in [3.05, 3.63) is 104 Å². The molecule has 13 heteroatoms. The molecular formula is C33H28Cl3F2N5O3. The molecule has 46 heavy (non-hydrogen) atoms. The summed E-state index contributed by atoms with van der Waals surface area (Å²) in [6, 6.07) is 15.1. The first kappa shape index (κ1) is 31.1. The summed E-state index contributed by atoms with van der Waals surface area (Å²) in [5.74, 6) is -1.15. The van der Waals surface area contributed by atoms with Crippen molar-refractivity contribution in [1.82, 2.24) is 25.7 Å². The highest BCUT2D eigenvalue weighted by Crippen LogP contribution is 2.38. The first-order chi connectivity index (χ1) is 22.3. The summed E-state index contributed by atoms with van der Waals surface area (Å²) in [7, 11) is 0. The van der Waals surface area contributed by atoms with Gasteiger partial charge < -0.3 is 24.8 Å². The number of piperazine rings is 1. The molecule has 7 rings (SSSR count). The molecule has 2 fully saturated rings. The second-order valence-electron chi connectivity index (χ2n) is 11.6. The van der Waals surface area contributed by atoms with Crippen LogP contribution in [-0.4, -0.2) is 52.2 Å². The Morgan fingerprint density at radius 1 is 1.00 bits per heavy atom. The molecule has 2 N–H and O–H groups in total. The summed E-state index contributed by atoms with van der Waals surface area (Å²) >= 11 is 18.7. The number of carbonyl (C=O) groups excluding carboxylic acids is 1. The molecule has 1 aromatic heterocycles. The van der Waals surface area contributed by atoms with Gasteiger partial charge in [-0.05, 0) is 66.3 Å². The largest absolute Gasteiger partial charge is 0.484 e. The number of nitrogens with one attached hydrogen (secondary N) is 2. The lowest BCUT2D eigenvalue weighted by atomic mass is 9.83. The van der Waals surface area contributed by atoms with Gasteiger partial charge in [-0.3, -0.25) is 4.79 Å². The van der Waals surface area contributed by atoms with Crippen molar-refractivity contribution < 1.29 is 22.8 Å². The number of ether oxygens (including phenoxy) is 1. The van der Waals surface area contributed by atoms with Gasteiger partial charge in [0.25, 0.3) is 11.8 Å². The molecule has 2 bridgehead atoms. The summed E-state index contributed by atoms with van der Waals surface area (Å²) in [5.41, 5.74) is 3.23. The molecule has 1 amide bonds. The number of amides is 1. The molecule has 0 spiro atoms. The highest BCUT2D eigenvalue weighted by molar-refractivity contribution is 6.42. The van der Waals surface area contributed by atoms with Crippen molar-refractivity contribution in [1.29, 1.82) is 0 Å². The molecule has 1 aliphatic carbocycles. The van der Waals surface area contributed by atoms with Crippen LogP contribution in [0.1, 0.15) is 36.3 Å².